The van der Waals surface area contributed by atoms with E-state index in [1.165, 1.54) is 6.20 Å². The number of pyridine rings is 1. The minimum absolute atomic E-state index is 0.188. The number of halogens is 1. The van der Waals surface area contributed by atoms with Crippen LogP contribution >= 0.6 is 11.6 Å². The van der Waals surface area contributed by atoms with Gasteiger partial charge >= 0.3 is 0 Å². The molecule has 0 saturated carbocycles. The van der Waals surface area contributed by atoms with Gasteiger partial charge in [-0.1, -0.05) is 17.7 Å². The Balaban J connectivity index is 1.74. The highest BCUT2D eigenvalue weighted by atomic mass is 35.5. The van der Waals surface area contributed by atoms with Crippen LogP contribution in [0.4, 0.5) is 11.5 Å². The maximum absolute atomic E-state index is 12.3. The molecule has 28 heavy (non-hydrogen) atoms. The molecule has 0 unspecified atom stereocenters. The Morgan fingerprint density at radius 3 is 2.82 bits per heavy atom. The standard InChI is InChI=1S/C20H20ClN5O2/c1-28-7-3-6-24-20(27)15-8-14(10-22-11-15)18-12-23-13-19(26-18)25-17-5-2-4-16(21)9-17/h2,4-5,8-13H,3,6-7H2,1H3,(H,24,27)(H,25,26). The maximum Gasteiger partial charge on any atom is 0.252 e. The van der Waals surface area contributed by atoms with E-state index < -0.39 is 0 Å². The highest BCUT2D eigenvalue weighted by molar-refractivity contribution is 6.30. The molecule has 7 nitrogen and oxygen atoms in total. The molecular weight excluding hydrogens is 378 g/mol. The Bertz CT molecular complexity index is 951. The van der Waals surface area contributed by atoms with Gasteiger partial charge in [0.25, 0.3) is 5.91 Å². The van der Waals surface area contributed by atoms with Crippen molar-refractivity contribution in [2.75, 3.05) is 25.6 Å². The molecule has 3 aromatic rings. The molecule has 3 rings (SSSR count). The third kappa shape index (κ3) is 5.48. The monoisotopic (exact) mass is 397 g/mol. The summed E-state index contributed by atoms with van der Waals surface area (Å²) in [6.07, 6.45) is 7.16. The molecule has 1 amide bonds. The van der Waals surface area contributed by atoms with Crippen LogP contribution in [0.3, 0.4) is 0 Å². The summed E-state index contributed by atoms with van der Waals surface area (Å²) < 4.78 is 4.97. The summed E-state index contributed by atoms with van der Waals surface area (Å²) in [6, 6.07) is 9.07. The number of rotatable bonds is 8. The van der Waals surface area contributed by atoms with Gasteiger partial charge in [-0.15, -0.1) is 0 Å². The summed E-state index contributed by atoms with van der Waals surface area (Å²) in [6.45, 7) is 1.14. The second-order valence-electron chi connectivity index (χ2n) is 5.99. The molecule has 1 aromatic carbocycles. The predicted molar refractivity (Wildman–Crippen MR) is 109 cm³/mol. The zero-order valence-corrected chi connectivity index (χ0v) is 16.1. The molecule has 8 heteroatoms. The lowest BCUT2D eigenvalue weighted by atomic mass is 10.1. The fourth-order valence-electron chi connectivity index (χ4n) is 2.50. The van der Waals surface area contributed by atoms with Crippen molar-refractivity contribution in [3.63, 3.8) is 0 Å². The van der Waals surface area contributed by atoms with Crippen molar-refractivity contribution in [1.29, 1.82) is 0 Å². The van der Waals surface area contributed by atoms with Crippen LogP contribution in [0, 0.1) is 0 Å². The molecule has 0 aliphatic heterocycles. The largest absolute Gasteiger partial charge is 0.385 e. The first kappa shape index (κ1) is 19.7. The van der Waals surface area contributed by atoms with Crippen molar-refractivity contribution in [3.8, 4) is 11.3 Å². The maximum atomic E-state index is 12.3. The van der Waals surface area contributed by atoms with Crippen molar-refractivity contribution >= 4 is 29.0 Å². The Kier molecular flexibility index (Phi) is 6.89. The van der Waals surface area contributed by atoms with E-state index in [0.29, 0.717) is 40.8 Å². The van der Waals surface area contributed by atoms with Gasteiger partial charge in [0.2, 0.25) is 0 Å². The number of methoxy groups -OCH3 is 1. The smallest absolute Gasteiger partial charge is 0.252 e. The Morgan fingerprint density at radius 2 is 2.00 bits per heavy atom. The first-order chi connectivity index (χ1) is 13.7. The number of benzene rings is 1. The zero-order valence-electron chi connectivity index (χ0n) is 15.4. The fourth-order valence-corrected chi connectivity index (χ4v) is 2.69. The van der Waals surface area contributed by atoms with E-state index >= 15 is 0 Å². The molecule has 2 heterocycles. The van der Waals surface area contributed by atoms with Gasteiger partial charge in [-0.05, 0) is 30.7 Å². The van der Waals surface area contributed by atoms with Crippen LogP contribution < -0.4 is 10.6 Å². The second kappa shape index (κ2) is 9.77. The molecule has 0 bridgehead atoms. The van der Waals surface area contributed by atoms with Gasteiger partial charge in [0.1, 0.15) is 5.82 Å². The molecule has 0 aliphatic carbocycles. The summed E-state index contributed by atoms with van der Waals surface area (Å²) in [5, 5.41) is 6.63. The molecular formula is C20H20ClN5O2. The number of hydrogen-bond donors (Lipinski definition) is 2. The lowest BCUT2D eigenvalue weighted by Crippen LogP contribution is -2.25. The number of aromatic nitrogens is 3. The van der Waals surface area contributed by atoms with Gasteiger partial charge in [0.05, 0.1) is 23.7 Å². The van der Waals surface area contributed by atoms with Crippen molar-refractivity contribution in [2.24, 2.45) is 0 Å². The molecule has 0 saturated heterocycles. The van der Waals surface area contributed by atoms with E-state index in [9.17, 15) is 4.79 Å². The summed E-state index contributed by atoms with van der Waals surface area (Å²) >= 11 is 6.01. The van der Waals surface area contributed by atoms with E-state index in [4.69, 9.17) is 16.3 Å². The third-order valence-electron chi connectivity index (χ3n) is 3.84. The molecule has 0 atom stereocenters. The number of anilines is 2. The summed E-state index contributed by atoms with van der Waals surface area (Å²) in [4.78, 5) is 25.2. The van der Waals surface area contributed by atoms with Gasteiger partial charge in [-0.2, -0.15) is 0 Å². The Morgan fingerprint density at radius 1 is 1.14 bits per heavy atom. The first-order valence-electron chi connectivity index (χ1n) is 8.73. The van der Waals surface area contributed by atoms with Crippen LogP contribution in [0.5, 0.6) is 0 Å². The van der Waals surface area contributed by atoms with Gasteiger partial charge in [-0.25, -0.2) is 4.98 Å². The van der Waals surface area contributed by atoms with Crippen LogP contribution in [0.15, 0.2) is 55.1 Å². The molecule has 0 fully saturated rings. The lowest BCUT2D eigenvalue weighted by Gasteiger charge is -2.08. The lowest BCUT2D eigenvalue weighted by molar-refractivity contribution is 0.0948. The number of ether oxygens (including phenoxy) is 1. The van der Waals surface area contributed by atoms with Crippen LogP contribution in [0.25, 0.3) is 11.3 Å². The summed E-state index contributed by atoms with van der Waals surface area (Å²) in [5.41, 5.74) is 2.58. The van der Waals surface area contributed by atoms with Gasteiger partial charge < -0.3 is 15.4 Å². The topological polar surface area (TPSA) is 89.0 Å². The summed E-state index contributed by atoms with van der Waals surface area (Å²) in [7, 11) is 1.63. The summed E-state index contributed by atoms with van der Waals surface area (Å²) in [5.74, 6) is 0.376. The minimum Gasteiger partial charge on any atom is -0.385 e. The second-order valence-corrected chi connectivity index (χ2v) is 6.43. The number of nitrogens with zero attached hydrogens (tertiary/aromatic N) is 3. The minimum atomic E-state index is -0.188. The van der Waals surface area contributed by atoms with E-state index in [1.807, 2.05) is 12.1 Å². The van der Waals surface area contributed by atoms with E-state index in [0.717, 1.165) is 12.1 Å². The van der Waals surface area contributed by atoms with Crippen molar-refractivity contribution in [2.45, 2.75) is 6.42 Å². The average molecular weight is 398 g/mol. The van der Waals surface area contributed by atoms with Gasteiger partial charge in [0.15, 0.2) is 0 Å². The average Bonchev–Trinajstić information content (AvgIpc) is 2.71. The fraction of sp³-hybridized carbons (Fsp3) is 0.200. The number of nitrogens with one attached hydrogen (secondary N) is 2. The predicted octanol–water partition coefficient (Wildman–Crippen LogP) is 3.70. The number of hydrogen-bond acceptors (Lipinski definition) is 6. The SMILES string of the molecule is COCCCNC(=O)c1cncc(-c2cncc(Nc3cccc(Cl)c3)n2)c1. The normalized spacial score (nSPS) is 10.5. The Labute approximate surface area is 168 Å². The zero-order chi connectivity index (χ0) is 19.8. The van der Waals surface area contributed by atoms with Gasteiger partial charge in [-0.3, -0.25) is 14.8 Å². The quantitative estimate of drug-likeness (QED) is 0.563. The molecule has 2 N–H and O–H groups in total. The first-order valence-corrected chi connectivity index (χ1v) is 9.10. The third-order valence-corrected chi connectivity index (χ3v) is 4.07. The number of amides is 1. The number of carbonyl (C=O) groups is 1. The Hall–Kier alpha value is -3.03. The number of carbonyl (C=O) groups excluding carboxylic acids is 1. The molecule has 0 radical (unpaired) electrons. The van der Waals surface area contributed by atoms with E-state index in [-0.39, 0.29) is 5.91 Å². The van der Waals surface area contributed by atoms with Crippen LogP contribution in [-0.2, 0) is 4.74 Å². The van der Waals surface area contributed by atoms with E-state index in [1.54, 1.807) is 43.9 Å². The van der Waals surface area contributed by atoms with Crippen LogP contribution in [0.1, 0.15) is 16.8 Å². The highest BCUT2D eigenvalue weighted by Gasteiger charge is 2.09. The van der Waals surface area contributed by atoms with Gasteiger partial charge in [0, 0.05) is 48.9 Å². The van der Waals surface area contributed by atoms with E-state index in [2.05, 4.69) is 25.6 Å². The van der Waals surface area contributed by atoms with Crippen LogP contribution in [0.2, 0.25) is 5.02 Å². The van der Waals surface area contributed by atoms with Crippen molar-refractivity contribution in [3.05, 3.63) is 65.7 Å². The molecule has 0 spiro atoms. The molecule has 144 valence electrons. The highest BCUT2D eigenvalue weighted by Crippen LogP contribution is 2.21. The van der Waals surface area contributed by atoms with Crippen molar-refractivity contribution < 1.29 is 9.53 Å². The molecule has 2 aromatic heterocycles. The molecule has 0 aliphatic rings. The van der Waals surface area contributed by atoms with Crippen LogP contribution in [-0.4, -0.2) is 41.1 Å². The van der Waals surface area contributed by atoms with Crippen molar-refractivity contribution in [1.82, 2.24) is 20.3 Å².